The minimum atomic E-state index is -1.39. The summed E-state index contributed by atoms with van der Waals surface area (Å²) in [5.41, 5.74) is 0.833. The number of hydrogen-bond donors (Lipinski definition) is 1. The molecule has 0 aliphatic heterocycles. The van der Waals surface area contributed by atoms with Crippen LogP contribution in [0.1, 0.15) is 22.8 Å². The molecule has 0 radical (unpaired) electrons. The minimum Gasteiger partial charge on any atom is -0.463 e. The van der Waals surface area contributed by atoms with Gasteiger partial charge >= 0.3 is 5.97 Å². The molecule has 1 N–H and O–H groups in total. The van der Waals surface area contributed by atoms with Crippen LogP contribution in [0.15, 0.2) is 58.8 Å². The first-order chi connectivity index (χ1) is 13.5. The molecule has 0 aromatic heterocycles. The SMILES string of the molecule is CCOC(=O)C(N=Nc1ccc(Cl)cc1C(=O)c1ccccc1)NC(=O)CCl. The third-order valence-corrected chi connectivity index (χ3v) is 3.93. The Morgan fingerprint density at radius 3 is 2.50 bits per heavy atom. The summed E-state index contributed by atoms with van der Waals surface area (Å²) in [5.74, 6) is -2.08. The van der Waals surface area contributed by atoms with E-state index in [1.807, 2.05) is 0 Å². The van der Waals surface area contributed by atoms with Crippen LogP contribution in [0.25, 0.3) is 0 Å². The molecule has 1 unspecified atom stereocenters. The number of ether oxygens (including phenoxy) is 1. The van der Waals surface area contributed by atoms with Gasteiger partial charge in [-0.3, -0.25) is 9.59 Å². The van der Waals surface area contributed by atoms with E-state index < -0.39 is 18.0 Å². The topological polar surface area (TPSA) is 97.2 Å². The fraction of sp³-hybridized carbons (Fsp3) is 0.211. The summed E-state index contributed by atoms with van der Waals surface area (Å²) in [7, 11) is 0. The summed E-state index contributed by atoms with van der Waals surface area (Å²) >= 11 is 11.5. The Morgan fingerprint density at radius 1 is 1.14 bits per heavy atom. The van der Waals surface area contributed by atoms with Crippen LogP contribution in [0.2, 0.25) is 5.02 Å². The van der Waals surface area contributed by atoms with Crippen molar-refractivity contribution in [3.05, 3.63) is 64.7 Å². The van der Waals surface area contributed by atoms with Crippen molar-refractivity contribution in [2.75, 3.05) is 12.5 Å². The second kappa shape index (κ2) is 10.5. The lowest BCUT2D eigenvalue weighted by Crippen LogP contribution is -2.40. The Bertz CT molecular complexity index is 888. The van der Waals surface area contributed by atoms with Crippen LogP contribution < -0.4 is 5.32 Å². The molecule has 0 aliphatic rings. The predicted octanol–water partition coefficient (Wildman–Crippen LogP) is 3.90. The average molecular weight is 422 g/mol. The van der Waals surface area contributed by atoms with E-state index in [-0.39, 0.29) is 29.5 Å². The second-order valence-electron chi connectivity index (χ2n) is 5.43. The van der Waals surface area contributed by atoms with E-state index in [1.54, 1.807) is 37.3 Å². The van der Waals surface area contributed by atoms with Crippen molar-refractivity contribution in [1.29, 1.82) is 0 Å². The molecular weight excluding hydrogens is 405 g/mol. The van der Waals surface area contributed by atoms with E-state index in [2.05, 4.69) is 15.5 Å². The number of carbonyl (C=O) groups excluding carboxylic acids is 3. The summed E-state index contributed by atoms with van der Waals surface area (Å²) < 4.78 is 4.87. The van der Waals surface area contributed by atoms with E-state index >= 15 is 0 Å². The van der Waals surface area contributed by atoms with Crippen LogP contribution in [0.3, 0.4) is 0 Å². The Kier molecular flexibility index (Phi) is 8.10. The van der Waals surface area contributed by atoms with Crippen molar-refractivity contribution in [2.45, 2.75) is 13.1 Å². The average Bonchev–Trinajstić information content (AvgIpc) is 2.71. The number of carbonyl (C=O) groups is 3. The van der Waals surface area contributed by atoms with Gasteiger partial charge in [-0.05, 0) is 25.1 Å². The van der Waals surface area contributed by atoms with Gasteiger partial charge in [0.1, 0.15) is 5.88 Å². The van der Waals surface area contributed by atoms with Gasteiger partial charge in [0.05, 0.1) is 17.9 Å². The second-order valence-corrected chi connectivity index (χ2v) is 6.13. The van der Waals surface area contributed by atoms with Crippen LogP contribution in [0.4, 0.5) is 5.69 Å². The summed E-state index contributed by atoms with van der Waals surface area (Å²) in [6.07, 6.45) is -1.39. The molecule has 146 valence electrons. The molecule has 0 heterocycles. The molecule has 2 aromatic rings. The first-order valence-electron chi connectivity index (χ1n) is 8.28. The number of amides is 1. The summed E-state index contributed by atoms with van der Waals surface area (Å²) in [6, 6.07) is 13.1. The van der Waals surface area contributed by atoms with Crippen molar-refractivity contribution < 1.29 is 19.1 Å². The van der Waals surface area contributed by atoms with E-state index in [4.69, 9.17) is 27.9 Å². The van der Waals surface area contributed by atoms with Crippen LogP contribution >= 0.6 is 23.2 Å². The number of nitrogens with one attached hydrogen (secondary N) is 1. The van der Waals surface area contributed by atoms with Crippen molar-refractivity contribution in [3.8, 4) is 0 Å². The van der Waals surface area contributed by atoms with Crippen molar-refractivity contribution in [1.82, 2.24) is 5.32 Å². The number of hydrogen-bond acceptors (Lipinski definition) is 6. The Labute approximate surface area is 171 Å². The van der Waals surface area contributed by atoms with Gasteiger partial charge in [0.25, 0.3) is 0 Å². The molecule has 0 saturated carbocycles. The standard InChI is InChI=1S/C19H17Cl2N3O4/c1-2-28-19(27)18(22-16(25)11-20)24-23-15-9-8-13(21)10-14(15)17(26)12-6-4-3-5-7-12/h3-10,18H,2,11H2,1H3,(H,22,25). The third kappa shape index (κ3) is 5.87. The predicted molar refractivity (Wildman–Crippen MR) is 105 cm³/mol. The third-order valence-electron chi connectivity index (χ3n) is 3.45. The molecule has 9 heteroatoms. The first kappa shape index (κ1) is 21.5. The lowest BCUT2D eigenvalue weighted by molar-refractivity contribution is -0.147. The summed E-state index contributed by atoms with van der Waals surface area (Å²) in [4.78, 5) is 36.3. The van der Waals surface area contributed by atoms with E-state index in [0.29, 0.717) is 10.6 Å². The zero-order valence-corrected chi connectivity index (χ0v) is 16.4. The van der Waals surface area contributed by atoms with Crippen LogP contribution in [-0.4, -0.2) is 36.3 Å². The van der Waals surface area contributed by atoms with Crippen LogP contribution in [-0.2, 0) is 14.3 Å². The minimum absolute atomic E-state index is 0.0975. The molecule has 1 atom stereocenters. The number of halogens is 2. The maximum atomic E-state index is 12.8. The fourth-order valence-corrected chi connectivity index (χ4v) is 2.44. The highest BCUT2D eigenvalue weighted by Gasteiger charge is 2.22. The van der Waals surface area contributed by atoms with E-state index in [9.17, 15) is 14.4 Å². The van der Waals surface area contributed by atoms with Crippen LogP contribution in [0.5, 0.6) is 0 Å². The lowest BCUT2D eigenvalue weighted by atomic mass is 10.0. The Balaban J connectivity index is 2.36. The number of azo groups is 1. The van der Waals surface area contributed by atoms with Crippen molar-refractivity contribution >= 4 is 46.5 Å². The molecule has 28 heavy (non-hydrogen) atoms. The Morgan fingerprint density at radius 2 is 1.86 bits per heavy atom. The smallest absolute Gasteiger partial charge is 0.353 e. The van der Waals surface area contributed by atoms with Gasteiger partial charge in [0.15, 0.2) is 5.78 Å². The molecule has 2 aromatic carbocycles. The fourth-order valence-electron chi connectivity index (χ4n) is 2.19. The zero-order chi connectivity index (χ0) is 20.5. The van der Waals surface area contributed by atoms with Gasteiger partial charge in [-0.15, -0.1) is 11.6 Å². The summed E-state index contributed by atoms with van der Waals surface area (Å²) in [5, 5.41) is 10.4. The molecule has 0 fully saturated rings. The highest BCUT2D eigenvalue weighted by Crippen LogP contribution is 2.26. The monoisotopic (exact) mass is 421 g/mol. The molecule has 0 aliphatic carbocycles. The number of nitrogens with zero attached hydrogens (tertiary/aromatic N) is 2. The zero-order valence-electron chi connectivity index (χ0n) is 14.9. The van der Waals surface area contributed by atoms with Crippen molar-refractivity contribution in [3.63, 3.8) is 0 Å². The largest absolute Gasteiger partial charge is 0.463 e. The highest BCUT2D eigenvalue weighted by molar-refractivity contribution is 6.31. The quantitative estimate of drug-likeness (QED) is 0.302. The normalized spacial score (nSPS) is 11.8. The van der Waals surface area contributed by atoms with Crippen molar-refractivity contribution in [2.24, 2.45) is 10.2 Å². The van der Waals surface area contributed by atoms with E-state index in [1.165, 1.54) is 18.2 Å². The summed E-state index contributed by atoms with van der Waals surface area (Å²) in [6.45, 7) is 1.71. The van der Waals surface area contributed by atoms with Gasteiger partial charge in [0.2, 0.25) is 12.1 Å². The van der Waals surface area contributed by atoms with Gasteiger partial charge in [-0.25, -0.2) is 4.79 Å². The number of alkyl halides is 1. The van der Waals surface area contributed by atoms with Gasteiger partial charge < -0.3 is 10.1 Å². The maximum Gasteiger partial charge on any atom is 0.353 e. The van der Waals surface area contributed by atoms with Crippen LogP contribution in [0, 0.1) is 0 Å². The molecule has 0 spiro atoms. The molecule has 0 bridgehead atoms. The van der Waals surface area contributed by atoms with Gasteiger partial charge in [-0.1, -0.05) is 41.9 Å². The maximum absolute atomic E-state index is 12.8. The molecule has 2 rings (SSSR count). The number of rotatable bonds is 8. The lowest BCUT2D eigenvalue weighted by Gasteiger charge is -2.12. The Hall–Kier alpha value is -2.77. The first-order valence-corrected chi connectivity index (χ1v) is 9.19. The molecule has 1 amide bonds. The van der Waals surface area contributed by atoms with Gasteiger partial charge in [0, 0.05) is 10.6 Å². The number of esters is 1. The molecular formula is C19H17Cl2N3O4. The number of ketones is 1. The van der Waals surface area contributed by atoms with E-state index in [0.717, 1.165) is 0 Å². The number of benzene rings is 2. The highest BCUT2D eigenvalue weighted by atomic mass is 35.5. The van der Waals surface area contributed by atoms with Gasteiger partial charge in [-0.2, -0.15) is 10.2 Å². The molecule has 0 saturated heterocycles. The molecule has 7 nitrogen and oxygen atoms in total.